The van der Waals surface area contributed by atoms with E-state index in [9.17, 15) is 23.2 Å². The highest BCUT2D eigenvalue weighted by Crippen LogP contribution is 2.34. The number of hydrogen-bond donors (Lipinski definition) is 1. The first kappa shape index (κ1) is 23.5. The summed E-state index contributed by atoms with van der Waals surface area (Å²) in [5.74, 6) is -1.90. The Kier molecular flexibility index (Phi) is 6.39. The topological polar surface area (TPSA) is 71.4 Å². The van der Waals surface area contributed by atoms with Gasteiger partial charge in [-0.25, -0.2) is 8.78 Å². The van der Waals surface area contributed by atoms with Gasteiger partial charge in [-0.2, -0.15) is 0 Å². The normalized spacial score (nSPS) is 14.7. The van der Waals surface area contributed by atoms with E-state index in [2.05, 4.69) is 5.32 Å². The molecule has 5 rings (SSSR count). The van der Waals surface area contributed by atoms with Gasteiger partial charge in [0.15, 0.2) is 0 Å². The number of nitrogens with zero attached hydrogens (tertiary/aromatic N) is 2. The summed E-state index contributed by atoms with van der Waals surface area (Å²) >= 11 is 0.761. The van der Waals surface area contributed by atoms with E-state index in [4.69, 9.17) is 0 Å². The van der Waals surface area contributed by atoms with Crippen molar-refractivity contribution in [1.29, 1.82) is 0 Å². The molecule has 1 N–H and O–H groups in total. The number of carbonyl (C=O) groups is 3. The summed E-state index contributed by atoms with van der Waals surface area (Å²) in [6.45, 7) is -0.0299. The van der Waals surface area contributed by atoms with Crippen molar-refractivity contribution in [3.05, 3.63) is 107 Å². The van der Waals surface area contributed by atoms with Crippen LogP contribution in [0.3, 0.4) is 0 Å². The Hall–Kier alpha value is -4.24. The van der Waals surface area contributed by atoms with Crippen molar-refractivity contribution < 1.29 is 23.2 Å². The lowest BCUT2D eigenvalue weighted by Gasteiger charge is -2.12. The molecule has 36 heavy (non-hydrogen) atoms. The fraction of sp³-hybridized carbons (Fsp3) is 0.0741. The lowest BCUT2D eigenvalue weighted by Crippen LogP contribution is -2.36. The molecule has 3 amide bonds. The van der Waals surface area contributed by atoms with Crippen LogP contribution in [0.25, 0.3) is 17.0 Å². The number of benzene rings is 3. The Labute approximate surface area is 209 Å². The lowest BCUT2D eigenvalue weighted by atomic mass is 10.1. The molecule has 9 heteroatoms. The molecule has 180 valence electrons. The highest BCUT2D eigenvalue weighted by molar-refractivity contribution is 8.18. The molecule has 3 aromatic carbocycles. The first-order chi connectivity index (χ1) is 17.4. The lowest BCUT2D eigenvalue weighted by molar-refractivity contribution is -0.127. The molecule has 6 nitrogen and oxygen atoms in total. The highest BCUT2D eigenvalue weighted by Gasteiger charge is 2.36. The van der Waals surface area contributed by atoms with Crippen LogP contribution in [0.15, 0.2) is 83.9 Å². The summed E-state index contributed by atoms with van der Waals surface area (Å²) in [6, 6.07) is 19.1. The largest absolute Gasteiger partial charge is 0.342 e. The predicted molar refractivity (Wildman–Crippen MR) is 135 cm³/mol. The number of para-hydroxylation sites is 1. The van der Waals surface area contributed by atoms with Gasteiger partial charge in [-0.15, -0.1) is 0 Å². The molecule has 0 atom stereocenters. The average molecular weight is 504 g/mol. The Morgan fingerprint density at radius 3 is 2.50 bits per heavy atom. The van der Waals surface area contributed by atoms with Crippen LogP contribution in [0, 0.1) is 11.6 Å². The maximum absolute atomic E-state index is 13.7. The highest BCUT2D eigenvalue weighted by atomic mass is 32.2. The molecule has 0 spiro atoms. The van der Waals surface area contributed by atoms with Crippen LogP contribution in [0.2, 0.25) is 0 Å². The SMILES string of the molecule is O=C(CN1C(=O)S/C(=C\c2cn(Cc3cccc(F)c3)c3ccccc23)C1=O)Nc1ccc(F)cc1. The van der Waals surface area contributed by atoms with Crippen LogP contribution in [0.4, 0.5) is 19.3 Å². The number of hydrogen-bond acceptors (Lipinski definition) is 4. The zero-order valence-corrected chi connectivity index (χ0v) is 19.6. The van der Waals surface area contributed by atoms with Gasteiger partial charge in [0, 0.05) is 34.9 Å². The minimum Gasteiger partial charge on any atom is -0.342 e. The van der Waals surface area contributed by atoms with Gasteiger partial charge in [0.1, 0.15) is 18.2 Å². The molecule has 2 heterocycles. The molecule has 0 radical (unpaired) electrons. The van der Waals surface area contributed by atoms with Crippen molar-refractivity contribution >= 4 is 51.5 Å². The number of rotatable bonds is 6. The molecule has 1 aromatic heterocycles. The summed E-state index contributed by atoms with van der Waals surface area (Å²) in [5.41, 5.74) is 2.76. The molecule has 1 saturated heterocycles. The Morgan fingerprint density at radius 1 is 0.944 bits per heavy atom. The van der Waals surface area contributed by atoms with Crippen LogP contribution in [0.1, 0.15) is 11.1 Å². The number of aromatic nitrogens is 1. The van der Waals surface area contributed by atoms with Crippen LogP contribution in [-0.4, -0.2) is 33.1 Å². The standard InChI is InChI=1S/C27H19F2N3O3S/c28-19-8-10-21(11-9-19)30-25(33)16-32-26(34)24(36-27(32)35)13-18-15-31(23-7-2-1-6-22(18)23)14-17-4-3-5-20(29)12-17/h1-13,15H,14,16H2,(H,30,33)/b24-13-. The maximum Gasteiger partial charge on any atom is 0.294 e. The number of imide groups is 1. The molecule has 0 saturated carbocycles. The number of nitrogens with one attached hydrogen (secondary N) is 1. The van der Waals surface area contributed by atoms with Crippen molar-refractivity contribution in [3.63, 3.8) is 0 Å². The Morgan fingerprint density at radius 2 is 1.72 bits per heavy atom. The monoisotopic (exact) mass is 503 g/mol. The van der Waals surface area contributed by atoms with E-state index in [-0.39, 0.29) is 10.7 Å². The third-order valence-corrected chi connectivity index (χ3v) is 6.56. The Bertz CT molecular complexity index is 1530. The van der Waals surface area contributed by atoms with E-state index in [1.165, 1.54) is 36.4 Å². The molecule has 1 aliphatic rings. The summed E-state index contributed by atoms with van der Waals surface area (Å²) in [7, 11) is 0. The number of carbonyl (C=O) groups excluding carboxylic acids is 3. The van der Waals surface area contributed by atoms with E-state index >= 15 is 0 Å². The molecule has 0 unspecified atom stereocenters. The Balaban J connectivity index is 1.37. The van der Waals surface area contributed by atoms with Crippen LogP contribution < -0.4 is 5.32 Å². The quantitative estimate of drug-likeness (QED) is 0.346. The smallest absolute Gasteiger partial charge is 0.294 e. The second-order valence-electron chi connectivity index (χ2n) is 8.18. The van der Waals surface area contributed by atoms with Crippen LogP contribution in [-0.2, 0) is 16.1 Å². The molecule has 0 aliphatic carbocycles. The van der Waals surface area contributed by atoms with E-state index in [1.807, 2.05) is 41.1 Å². The fourth-order valence-corrected chi connectivity index (χ4v) is 4.84. The number of fused-ring (bicyclic) bond motifs is 1. The van der Waals surface area contributed by atoms with Gasteiger partial charge < -0.3 is 9.88 Å². The van der Waals surface area contributed by atoms with Gasteiger partial charge >= 0.3 is 0 Å². The first-order valence-electron chi connectivity index (χ1n) is 11.0. The second kappa shape index (κ2) is 9.79. The molecule has 1 aliphatic heterocycles. The summed E-state index contributed by atoms with van der Waals surface area (Å²) in [4.78, 5) is 38.9. The van der Waals surface area contributed by atoms with E-state index in [1.54, 1.807) is 12.1 Å². The minimum absolute atomic E-state index is 0.197. The summed E-state index contributed by atoms with van der Waals surface area (Å²) in [6.07, 6.45) is 3.48. The second-order valence-corrected chi connectivity index (χ2v) is 9.18. The van der Waals surface area contributed by atoms with Crippen molar-refractivity contribution in [2.45, 2.75) is 6.54 Å². The molecular formula is C27H19F2N3O3S. The zero-order chi connectivity index (χ0) is 25.2. The number of anilines is 1. The molecule has 1 fully saturated rings. The van der Waals surface area contributed by atoms with E-state index < -0.39 is 29.4 Å². The van der Waals surface area contributed by atoms with E-state index in [0.717, 1.165) is 38.7 Å². The van der Waals surface area contributed by atoms with Crippen molar-refractivity contribution in [2.75, 3.05) is 11.9 Å². The third kappa shape index (κ3) is 4.92. The van der Waals surface area contributed by atoms with E-state index in [0.29, 0.717) is 12.2 Å². The van der Waals surface area contributed by atoms with Crippen molar-refractivity contribution in [2.24, 2.45) is 0 Å². The van der Waals surface area contributed by atoms with Crippen LogP contribution >= 0.6 is 11.8 Å². The molecule has 0 bridgehead atoms. The van der Waals surface area contributed by atoms with Gasteiger partial charge in [0.2, 0.25) is 5.91 Å². The zero-order valence-electron chi connectivity index (χ0n) is 18.8. The van der Waals surface area contributed by atoms with Crippen molar-refractivity contribution in [1.82, 2.24) is 9.47 Å². The van der Waals surface area contributed by atoms with Gasteiger partial charge in [0.25, 0.3) is 11.1 Å². The van der Waals surface area contributed by atoms with Gasteiger partial charge in [-0.1, -0.05) is 30.3 Å². The maximum atomic E-state index is 13.7. The summed E-state index contributed by atoms with van der Waals surface area (Å²) in [5, 5.41) is 2.86. The van der Waals surface area contributed by atoms with Gasteiger partial charge in [-0.05, 0) is 65.9 Å². The third-order valence-electron chi connectivity index (χ3n) is 5.65. The summed E-state index contributed by atoms with van der Waals surface area (Å²) < 4.78 is 28.7. The number of halogens is 2. The van der Waals surface area contributed by atoms with Gasteiger partial charge in [-0.3, -0.25) is 19.3 Å². The first-order valence-corrected chi connectivity index (χ1v) is 11.8. The number of thioether (sulfide) groups is 1. The number of amides is 3. The minimum atomic E-state index is -0.572. The van der Waals surface area contributed by atoms with Gasteiger partial charge in [0.05, 0.1) is 4.91 Å². The average Bonchev–Trinajstić information content (AvgIpc) is 3.32. The molecule has 4 aromatic rings. The molecular weight excluding hydrogens is 484 g/mol. The van der Waals surface area contributed by atoms with Crippen molar-refractivity contribution in [3.8, 4) is 0 Å². The van der Waals surface area contributed by atoms with Crippen LogP contribution in [0.5, 0.6) is 0 Å². The fourth-order valence-electron chi connectivity index (χ4n) is 4.01. The predicted octanol–water partition coefficient (Wildman–Crippen LogP) is 5.64.